The van der Waals surface area contributed by atoms with Crippen LogP contribution in [0.5, 0.6) is 0 Å². The van der Waals surface area contributed by atoms with Crippen molar-refractivity contribution in [1.82, 2.24) is 0 Å². The number of aliphatic hydroxyl groups excluding tert-OH is 1. The SMILES string of the molecule is C.C#C.C#C.CC.CC.CCCC(CCC(O)CC(C)CC)CC(C)CC1CCC2C(=CCC3C4CCC(CCCCC(C)(C)C)C4(C)CCC23C)C1C. The molecule has 4 aliphatic rings. The summed E-state index contributed by atoms with van der Waals surface area (Å²) in [4.78, 5) is 0. The monoisotopic (exact) mass is 753 g/mol. The Kier molecular flexibility index (Phi) is 27.9. The lowest BCUT2D eigenvalue weighted by Crippen LogP contribution is -2.52. The smallest absolute Gasteiger partial charge is 0.0542 e. The molecule has 1 N–H and O–H groups in total. The number of unbranched alkanes of at least 4 members (excludes halogenated alkanes) is 1. The Morgan fingerprint density at radius 3 is 1.98 bits per heavy atom. The van der Waals surface area contributed by atoms with E-state index in [0.717, 1.165) is 60.2 Å². The molecule has 3 fully saturated rings. The first-order chi connectivity index (χ1) is 25.2. The molecular formula is C53H100O. The first-order valence-electron chi connectivity index (χ1n) is 23.3. The molecule has 318 valence electrons. The van der Waals surface area contributed by atoms with Crippen molar-refractivity contribution in [2.24, 2.45) is 69.5 Å². The van der Waals surface area contributed by atoms with Crippen molar-refractivity contribution in [2.75, 3.05) is 0 Å². The molecule has 3 saturated carbocycles. The molecule has 0 aliphatic heterocycles. The summed E-state index contributed by atoms with van der Waals surface area (Å²) in [5.41, 5.74) is 3.54. The van der Waals surface area contributed by atoms with Gasteiger partial charge in [0, 0.05) is 0 Å². The number of hydrogen-bond donors (Lipinski definition) is 1. The molecule has 12 unspecified atom stereocenters. The van der Waals surface area contributed by atoms with E-state index in [4.69, 9.17) is 0 Å². The third kappa shape index (κ3) is 15.3. The Morgan fingerprint density at radius 1 is 0.796 bits per heavy atom. The maximum absolute atomic E-state index is 10.6. The summed E-state index contributed by atoms with van der Waals surface area (Å²) in [5, 5.41) is 10.6. The minimum absolute atomic E-state index is 0. The fourth-order valence-corrected chi connectivity index (χ4v) is 12.1. The average molecular weight is 753 g/mol. The van der Waals surface area contributed by atoms with Crippen molar-refractivity contribution >= 4 is 0 Å². The predicted molar refractivity (Wildman–Crippen MR) is 246 cm³/mol. The topological polar surface area (TPSA) is 20.2 Å². The molecule has 0 amide bonds. The standard InChI is InChI=1S/C44H80O.2C2H6.2C2H2.CH4/c1-11-15-34(17-20-37(45)30-31(3)12-2)28-32(4)29-35-18-22-39-38(33(35)5)21-24-41-40-23-19-36(16-13-14-25-42(6,7)8)43(40,9)26-27-44(39,41)10;4*1-2;/h21,31-37,39-41,45H,11-20,22-30H2,1-10H3;2*1-2H3;2*1-2H;1H4. The molecule has 0 bridgehead atoms. The van der Waals surface area contributed by atoms with Gasteiger partial charge in [0.1, 0.15) is 0 Å². The van der Waals surface area contributed by atoms with Gasteiger partial charge >= 0.3 is 0 Å². The average Bonchev–Trinajstić information content (AvgIpc) is 3.48. The number of aliphatic hydroxyl groups is 1. The first kappa shape index (κ1) is 54.9. The van der Waals surface area contributed by atoms with Crippen molar-refractivity contribution < 1.29 is 5.11 Å². The van der Waals surface area contributed by atoms with Crippen LogP contribution in [0.1, 0.15) is 226 Å². The highest BCUT2D eigenvalue weighted by Gasteiger charge is 2.60. The number of terminal acetylenes is 2. The fourth-order valence-electron chi connectivity index (χ4n) is 12.1. The van der Waals surface area contributed by atoms with E-state index in [0.29, 0.717) is 22.2 Å². The van der Waals surface area contributed by atoms with Crippen LogP contribution in [-0.2, 0) is 0 Å². The van der Waals surface area contributed by atoms with Crippen LogP contribution < -0.4 is 0 Å². The van der Waals surface area contributed by atoms with E-state index >= 15 is 0 Å². The van der Waals surface area contributed by atoms with Gasteiger partial charge in [-0.05, 0) is 159 Å². The third-order valence-corrected chi connectivity index (χ3v) is 15.2. The lowest BCUT2D eigenvalue weighted by Gasteiger charge is -2.61. The number of hydrogen-bond acceptors (Lipinski definition) is 1. The summed E-state index contributed by atoms with van der Waals surface area (Å²) in [6.07, 6.45) is 44.6. The number of fused-ring (bicyclic) bond motifs is 5. The number of allylic oxidation sites excluding steroid dienone is 2. The molecule has 0 aromatic rings. The Labute approximate surface area is 343 Å². The zero-order valence-electron chi connectivity index (χ0n) is 38.5. The summed E-state index contributed by atoms with van der Waals surface area (Å²) < 4.78 is 0. The third-order valence-electron chi connectivity index (χ3n) is 15.2. The summed E-state index contributed by atoms with van der Waals surface area (Å²) >= 11 is 0. The highest BCUT2D eigenvalue weighted by Crippen LogP contribution is 2.69. The molecule has 4 rings (SSSR count). The Bertz CT molecular complexity index is 1000. The fraction of sp³-hybridized carbons (Fsp3) is 0.887. The molecule has 0 spiro atoms. The summed E-state index contributed by atoms with van der Waals surface area (Å²) in [7, 11) is 0. The van der Waals surface area contributed by atoms with Gasteiger partial charge in [-0.3, -0.25) is 0 Å². The number of rotatable bonds is 16. The maximum Gasteiger partial charge on any atom is 0.0542 e. The van der Waals surface area contributed by atoms with Crippen LogP contribution in [0.25, 0.3) is 0 Å². The van der Waals surface area contributed by atoms with E-state index < -0.39 is 0 Å². The molecule has 12 atom stereocenters. The summed E-state index contributed by atoms with van der Waals surface area (Å²) in [5.74, 6) is 7.62. The molecule has 0 radical (unpaired) electrons. The van der Waals surface area contributed by atoms with E-state index in [1.165, 1.54) is 109 Å². The first-order valence-corrected chi connectivity index (χ1v) is 23.3. The van der Waals surface area contributed by atoms with Gasteiger partial charge in [0.2, 0.25) is 0 Å². The van der Waals surface area contributed by atoms with Crippen molar-refractivity contribution in [3.8, 4) is 25.7 Å². The van der Waals surface area contributed by atoms with Crippen LogP contribution in [0, 0.1) is 95.2 Å². The van der Waals surface area contributed by atoms with Crippen LogP contribution in [0.15, 0.2) is 11.6 Å². The van der Waals surface area contributed by atoms with Crippen molar-refractivity contribution in [3.05, 3.63) is 11.6 Å². The molecule has 0 aromatic heterocycles. The molecule has 54 heavy (non-hydrogen) atoms. The van der Waals surface area contributed by atoms with Gasteiger partial charge in [0.05, 0.1) is 6.10 Å². The van der Waals surface area contributed by atoms with E-state index in [1.54, 1.807) is 0 Å². The zero-order chi connectivity index (χ0) is 41.0. The van der Waals surface area contributed by atoms with E-state index in [-0.39, 0.29) is 13.5 Å². The second-order valence-electron chi connectivity index (χ2n) is 19.6. The van der Waals surface area contributed by atoms with Crippen LogP contribution in [-0.4, -0.2) is 11.2 Å². The van der Waals surface area contributed by atoms with Crippen molar-refractivity contribution in [1.29, 1.82) is 0 Å². The molecule has 0 saturated heterocycles. The molecule has 0 aromatic carbocycles. The zero-order valence-corrected chi connectivity index (χ0v) is 38.5. The highest BCUT2D eigenvalue weighted by molar-refractivity contribution is 5.25. The van der Waals surface area contributed by atoms with Crippen molar-refractivity contribution in [2.45, 2.75) is 232 Å². The van der Waals surface area contributed by atoms with Gasteiger partial charge in [-0.2, -0.15) is 0 Å². The van der Waals surface area contributed by atoms with Crippen LogP contribution in [0.2, 0.25) is 0 Å². The molecular weight excluding hydrogens is 653 g/mol. The second kappa shape index (κ2) is 27.5. The minimum Gasteiger partial charge on any atom is -0.393 e. The normalized spacial score (nSPS) is 31.6. The lowest BCUT2D eigenvalue weighted by atomic mass is 9.44. The summed E-state index contributed by atoms with van der Waals surface area (Å²) in [6.45, 7) is 32.8. The van der Waals surface area contributed by atoms with Gasteiger partial charge < -0.3 is 5.11 Å². The Hall–Kier alpha value is -1.18. The second-order valence-corrected chi connectivity index (χ2v) is 19.6. The van der Waals surface area contributed by atoms with Gasteiger partial charge in [-0.25, -0.2) is 0 Å². The Balaban J connectivity index is 0. The van der Waals surface area contributed by atoms with Gasteiger partial charge in [-0.1, -0.05) is 148 Å². The van der Waals surface area contributed by atoms with Gasteiger partial charge in [0.15, 0.2) is 0 Å². The van der Waals surface area contributed by atoms with Gasteiger partial charge in [-0.15, -0.1) is 25.7 Å². The molecule has 4 aliphatic carbocycles. The largest absolute Gasteiger partial charge is 0.393 e. The Morgan fingerprint density at radius 2 is 1.41 bits per heavy atom. The van der Waals surface area contributed by atoms with Gasteiger partial charge in [0.25, 0.3) is 0 Å². The van der Waals surface area contributed by atoms with Crippen molar-refractivity contribution in [3.63, 3.8) is 0 Å². The highest BCUT2D eigenvalue weighted by atomic mass is 16.3. The minimum atomic E-state index is -0.0976. The molecule has 1 nitrogen and oxygen atoms in total. The predicted octanol–water partition coefficient (Wildman–Crippen LogP) is 16.6. The van der Waals surface area contributed by atoms with Crippen LogP contribution in [0.3, 0.4) is 0 Å². The maximum atomic E-state index is 10.6. The van der Waals surface area contributed by atoms with Crippen LogP contribution >= 0.6 is 0 Å². The molecule has 0 heterocycles. The molecule has 1 heteroatoms. The lowest BCUT2D eigenvalue weighted by molar-refractivity contribution is -0.0788. The van der Waals surface area contributed by atoms with E-state index in [1.807, 2.05) is 33.3 Å². The van der Waals surface area contributed by atoms with Crippen LogP contribution in [0.4, 0.5) is 0 Å². The van der Waals surface area contributed by atoms with E-state index in [9.17, 15) is 5.11 Å². The van der Waals surface area contributed by atoms with E-state index in [2.05, 4.69) is 101 Å². The summed E-state index contributed by atoms with van der Waals surface area (Å²) in [6, 6.07) is 0. The quantitative estimate of drug-likeness (QED) is 0.0946.